The van der Waals surface area contributed by atoms with Gasteiger partial charge in [-0.3, -0.25) is 9.58 Å². The van der Waals surface area contributed by atoms with Gasteiger partial charge in [-0.25, -0.2) is 0 Å². The molecule has 0 amide bonds. The fourth-order valence-electron chi connectivity index (χ4n) is 3.26. The zero-order valence-corrected chi connectivity index (χ0v) is 16.1. The summed E-state index contributed by atoms with van der Waals surface area (Å²) in [6, 6.07) is 8.57. The topological polar surface area (TPSA) is 33.1 Å². The number of aromatic nitrogens is 2. The Labute approximate surface area is 155 Å². The zero-order valence-electron chi connectivity index (χ0n) is 14.6. The van der Waals surface area contributed by atoms with Crippen molar-refractivity contribution in [2.24, 2.45) is 0 Å². The average Bonchev–Trinajstić information content (AvgIpc) is 2.77. The lowest BCUT2D eigenvalue weighted by atomic mass is 10.1. The van der Waals surface area contributed by atoms with Crippen LogP contribution in [0.3, 0.4) is 0 Å². The molecule has 1 aliphatic heterocycles. The van der Waals surface area contributed by atoms with Crippen molar-refractivity contribution >= 4 is 24.0 Å². The largest absolute Gasteiger partial charge is 0.312 e. The van der Waals surface area contributed by atoms with Gasteiger partial charge in [0, 0.05) is 48.5 Å². The molecule has 1 saturated heterocycles. The van der Waals surface area contributed by atoms with E-state index in [1.807, 2.05) is 12.1 Å². The van der Waals surface area contributed by atoms with Gasteiger partial charge in [0.15, 0.2) is 0 Å². The van der Waals surface area contributed by atoms with Crippen LogP contribution in [0.2, 0.25) is 5.02 Å². The first-order valence-corrected chi connectivity index (χ1v) is 8.64. The lowest BCUT2D eigenvalue weighted by Crippen LogP contribution is -2.48. The highest BCUT2D eigenvalue weighted by Crippen LogP contribution is 2.18. The lowest BCUT2D eigenvalue weighted by molar-refractivity contribution is 0.199. The van der Waals surface area contributed by atoms with Gasteiger partial charge in [-0.1, -0.05) is 23.7 Å². The molecule has 2 heterocycles. The van der Waals surface area contributed by atoms with Crippen molar-refractivity contribution in [2.75, 3.05) is 19.6 Å². The summed E-state index contributed by atoms with van der Waals surface area (Å²) in [5.41, 5.74) is 5.00. The average molecular weight is 369 g/mol. The second kappa shape index (κ2) is 8.34. The second-order valence-corrected chi connectivity index (χ2v) is 6.96. The van der Waals surface area contributed by atoms with Crippen LogP contribution in [-0.2, 0) is 13.1 Å². The van der Waals surface area contributed by atoms with Crippen molar-refractivity contribution in [3.8, 4) is 0 Å². The number of aryl methyl sites for hydroxylation is 1. The first kappa shape index (κ1) is 19.3. The van der Waals surface area contributed by atoms with Gasteiger partial charge in [-0.05, 0) is 38.5 Å². The Morgan fingerprint density at radius 1 is 1.21 bits per heavy atom. The van der Waals surface area contributed by atoms with Crippen LogP contribution in [0, 0.1) is 13.8 Å². The van der Waals surface area contributed by atoms with Crippen LogP contribution in [0.15, 0.2) is 24.3 Å². The van der Waals surface area contributed by atoms with Gasteiger partial charge in [0.1, 0.15) is 0 Å². The summed E-state index contributed by atoms with van der Waals surface area (Å²) in [7, 11) is 0. The summed E-state index contributed by atoms with van der Waals surface area (Å²) >= 11 is 5.96. The first-order chi connectivity index (χ1) is 11.0. The Morgan fingerprint density at radius 2 is 1.92 bits per heavy atom. The Bertz CT molecular complexity index is 666. The molecule has 3 rings (SSSR count). The smallest absolute Gasteiger partial charge is 0.0662 e. The van der Waals surface area contributed by atoms with Crippen LogP contribution < -0.4 is 5.32 Å². The Hall–Kier alpha value is -1.07. The summed E-state index contributed by atoms with van der Waals surface area (Å²) in [5, 5.41) is 9.02. The monoisotopic (exact) mass is 368 g/mol. The van der Waals surface area contributed by atoms with E-state index in [9.17, 15) is 0 Å². The van der Waals surface area contributed by atoms with Gasteiger partial charge >= 0.3 is 0 Å². The predicted molar refractivity (Wildman–Crippen MR) is 102 cm³/mol. The van der Waals surface area contributed by atoms with Crippen molar-refractivity contribution < 1.29 is 0 Å². The molecule has 0 unspecified atom stereocenters. The maximum Gasteiger partial charge on any atom is 0.0662 e. The molecule has 1 N–H and O–H groups in total. The van der Waals surface area contributed by atoms with Gasteiger partial charge in [0.25, 0.3) is 0 Å². The predicted octanol–water partition coefficient (Wildman–Crippen LogP) is 3.42. The molecule has 4 nitrogen and oxygen atoms in total. The minimum atomic E-state index is 0. The van der Waals surface area contributed by atoms with Crippen molar-refractivity contribution in [3.63, 3.8) is 0 Å². The van der Waals surface area contributed by atoms with E-state index in [1.165, 1.54) is 16.8 Å². The molecule has 1 aromatic carbocycles. The fourth-order valence-corrected chi connectivity index (χ4v) is 3.38. The number of hydrogen-bond acceptors (Lipinski definition) is 3. The third-order valence-corrected chi connectivity index (χ3v) is 4.86. The van der Waals surface area contributed by atoms with Crippen molar-refractivity contribution in [1.82, 2.24) is 20.0 Å². The van der Waals surface area contributed by atoms with Crippen LogP contribution in [0.25, 0.3) is 0 Å². The first-order valence-electron chi connectivity index (χ1n) is 8.26. The normalized spacial score (nSPS) is 18.4. The standard InChI is InChI=1S/C18H25ClN4.ClH/c1-13-10-22(9-8-20-13)12-18-14(2)21-23(15(18)3)11-16-4-6-17(19)7-5-16;/h4-7,13,20H,8-12H2,1-3H3;1H/t13-;/m0./s1. The van der Waals surface area contributed by atoms with E-state index in [-0.39, 0.29) is 12.4 Å². The summed E-state index contributed by atoms with van der Waals surface area (Å²) in [6.07, 6.45) is 0. The number of halogens is 2. The highest BCUT2D eigenvalue weighted by atomic mass is 35.5. The lowest BCUT2D eigenvalue weighted by Gasteiger charge is -2.31. The number of hydrogen-bond donors (Lipinski definition) is 1. The van der Waals surface area contributed by atoms with E-state index in [0.29, 0.717) is 6.04 Å². The fraction of sp³-hybridized carbons (Fsp3) is 0.500. The minimum absolute atomic E-state index is 0. The van der Waals surface area contributed by atoms with Crippen LogP contribution in [-0.4, -0.2) is 40.4 Å². The van der Waals surface area contributed by atoms with Gasteiger partial charge in [0.05, 0.1) is 12.2 Å². The van der Waals surface area contributed by atoms with Gasteiger partial charge in [0.2, 0.25) is 0 Å². The summed E-state index contributed by atoms with van der Waals surface area (Å²) in [5.74, 6) is 0. The summed E-state index contributed by atoms with van der Waals surface area (Å²) < 4.78 is 2.11. The Balaban J connectivity index is 0.00000208. The number of benzene rings is 1. The van der Waals surface area contributed by atoms with E-state index in [4.69, 9.17) is 16.7 Å². The van der Waals surface area contributed by atoms with Crippen LogP contribution in [0.1, 0.15) is 29.4 Å². The van der Waals surface area contributed by atoms with E-state index in [2.05, 4.69) is 47.8 Å². The molecule has 0 aliphatic carbocycles. The molecule has 0 radical (unpaired) electrons. The van der Waals surface area contributed by atoms with E-state index >= 15 is 0 Å². The van der Waals surface area contributed by atoms with Gasteiger partial charge < -0.3 is 5.32 Å². The molecule has 0 bridgehead atoms. The van der Waals surface area contributed by atoms with Crippen molar-refractivity contribution in [1.29, 1.82) is 0 Å². The van der Waals surface area contributed by atoms with Crippen molar-refractivity contribution in [3.05, 3.63) is 51.8 Å². The molecule has 132 valence electrons. The number of rotatable bonds is 4. The molecule has 0 spiro atoms. The summed E-state index contributed by atoms with van der Waals surface area (Å²) in [6.45, 7) is 11.6. The Morgan fingerprint density at radius 3 is 2.58 bits per heavy atom. The van der Waals surface area contributed by atoms with Crippen molar-refractivity contribution in [2.45, 2.75) is 39.9 Å². The van der Waals surface area contributed by atoms with E-state index in [1.54, 1.807) is 0 Å². The molecule has 6 heteroatoms. The number of nitrogens with one attached hydrogen (secondary N) is 1. The minimum Gasteiger partial charge on any atom is -0.312 e. The third-order valence-electron chi connectivity index (χ3n) is 4.61. The van der Waals surface area contributed by atoms with Crippen LogP contribution in [0.5, 0.6) is 0 Å². The maximum atomic E-state index is 5.96. The maximum absolute atomic E-state index is 5.96. The molecule has 0 saturated carbocycles. The molecular weight excluding hydrogens is 343 g/mol. The molecular formula is C18H26Cl2N4. The molecule has 1 aliphatic rings. The molecule has 1 fully saturated rings. The van der Waals surface area contributed by atoms with E-state index < -0.39 is 0 Å². The zero-order chi connectivity index (χ0) is 16.4. The second-order valence-electron chi connectivity index (χ2n) is 6.52. The van der Waals surface area contributed by atoms with Gasteiger partial charge in [-0.2, -0.15) is 5.10 Å². The SMILES string of the molecule is Cc1nn(Cc2ccc(Cl)cc2)c(C)c1CN1CCN[C@@H](C)C1.Cl. The summed E-state index contributed by atoms with van der Waals surface area (Å²) in [4.78, 5) is 2.52. The molecule has 24 heavy (non-hydrogen) atoms. The quantitative estimate of drug-likeness (QED) is 0.897. The highest BCUT2D eigenvalue weighted by Gasteiger charge is 2.19. The Kier molecular flexibility index (Phi) is 6.70. The van der Waals surface area contributed by atoms with Crippen LogP contribution in [0.4, 0.5) is 0 Å². The van der Waals surface area contributed by atoms with Gasteiger partial charge in [-0.15, -0.1) is 12.4 Å². The number of piperazine rings is 1. The third kappa shape index (κ3) is 4.51. The molecule has 2 aromatic rings. The highest BCUT2D eigenvalue weighted by molar-refractivity contribution is 6.30. The van der Waals surface area contributed by atoms with E-state index in [0.717, 1.165) is 43.4 Å². The van der Waals surface area contributed by atoms with Crippen LogP contribution >= 0.6 is 24.0 Å². The molecule has 1 atom stereocenters. The number of nitrogens with zero attached hydrogens (tertiary/aromatic N) is 3. The molecule has 1 aromatic heterocycles.